The number of imide groups is 1. The number of likely N-dealkylation sites (tertiary alicyclic amines) is 1. The molecule has 2 unspecified atom stereocenters. The fraction of sp³-hybridized carbons (Fsp3) is 0.432. The van der Waals surface area contributed by atoms with Crippen LogP contribution in [0.2, 0.25) is 0 Å². The molecule has 3 aromatic carbocycles. The van der Waals surface area contributed by atoms with E-state index < -0.39 is 10.8 Å². The molecule has 8 nitrogen and oxygen atoms in total. The fourth-order valence-corrected chi connectivity index (χ4v) is 7.31. The Hall–Kier alpha value is -4.01. The third-order valence-corrected chi connectivity index (χ3v) is 9.95. The summed E-state index contributed by atoms with van der Waals surface area (Å²) in [6.07, 6.45) is 2.64. The van der Waals surface area contributed by atoms with E-state index in [1.807, 2.05) is 36.1 Å². The second-order valence-electron chi connectivity index (χ2n) is 12.3. The summed E-state index contributed by atoms with van der Waals surface area (Å²) in [6.45, 7) is 10.2. The van der Waals surface area contributed by atoms with Crippen LogP contribution in [0.25, 0.3) is 0 Å². The number of carbonyl (C=O) groups excluding carboxylic acids is 3. The molecule has 8 heteroatoms. The highest BCUT2D eigenvalue weighted by atomic mass is 16.5. The highest BCUT2D eigenvalue weighted by Crippen LogP contribution is 2.47. The van der Waals surface area contributed by atoms with Gasteiger partial charge >= 0.3 is 0 Å². The number of hydrogen-bond donors (Lipinski definition) is 2. The summed E-state index contributed by atoms with van der Waals surface area (Å²) in [7, 11) is 0. The van der Waals surface area contributed by atoms with Crippen LogP contribution in [-0.4, -0.2) is 73.5 Å². The van der Waals surface area contributed by atoms with Gasteiger partial charge in [-0.15, -0.1) is 0 Å². The molecule has 3 aliphatic heterocycles. The maximum atomic E-state index is 13.8. The topological polar surface area (TPSA) is 105 Å². The number of carbonyl (C=O) groups is 3. The number of rotatable bonds is 8. The van der Waals surface area contributed by atoms with Crippen LogP contribution in [-0.2, 0) is 30.0 Å². The minimum Gasteiger partial charge on any atom is -0.399 e. The summed E-state index contributed by atoms with van der Waals surface area (Å²) in [5.41, 5.74) is 8.31. The Morgan fingerprint density at radius 1 is 0.844 bits per heavy atom. The van der Waals surface area contributed by atoms with Crippen molar-refractivity contribution in [1.82, 2.24) is 15.1 Å². The molecule has 0 aliphatic carbocycles. The highest BCUT2D eigenvalue weighted by molar-refractivity contribution is 6.03. The van der Waals surface area contributed by atoms with Gasteiger partial charge in [0.1, 0.15) is 5.41 Å². The third kappa shape index (κ3) is 6.53. The molecule has 3 saturated heterocycles. The van der Waals surface area contributed by atoms with E-state index in [0.29, 0.717) is 24.9 Å². The van der Waals surface area contributed by atoms with Crippen molar-refractivity contribution in [3.05, 3.63) is 102 Å². The number of amides is 3. The van der Waals surface area contributed by atoms with Gasteiger partial charge in [0, 0.05) is 44.2 Å². The first-order chi connectivity index (χ1) is 21.8. The van der Waals surface area contributed by atoms with Gasteiger partial charge in [-0.05, 0) is 61.6 Å². The fourth-order valence-electron chi connectivity index (χ4n) is 7.31. The number of nitrogens with zero attached hydrogens (tertiary/aromatic N) is 2. The normalized spacial score (nSPS) is 23.3. The van der Waals surface area contributed by atoms with Crippen molar-refractivity contribution in [1.29, 1.82) is 0 Å². The number of anilines is 1. The number of benzene rings is 3. The van der Waals surface area contributed by atoms with Crippen LogP contribution in [0.4, 0.5) is 5.69 Å². The van der Waals surface area contributed by atoms with Gasteiger partial charge in [0.15, 0.2) is 0 Å². The van der Waals surface area contributed by atoms with Crippen molar-refractivity contribution < 1.29 is 19.1 Å². The molecular formula is C37H46N4O4. The average molecular weight is 611 g/mol. The number of ether oxygens (including phenoxy) is 1. The molecule has 0 bridgehead atoms. The molecule has 2 atom stereocenters. The van der Waals surface area contributed by atoms with Crippen LogP contribution in [0.1, 0.15) is 56.2 Å². The zero-order chi connectivity index (χ0) is 31.9. The number of hydrogen-bond acceptors (Lipinski definition) is 6. The van der Waals surface area contributed by atoms with Gasteiger partial charge in [-0.1, -0.05) is 79.7 Å². The second kappa shape index (κ2) is 14.4. The molecule has 3 fully saturated rings. The smallest absolute Gasteiger partial charge is 0.238 e. The summed E-state index contributed by atoms with van der Waals surface area (Å²) >= 11 is 0. The molecule has 6 rings (SSSR count). The van der Waals surface area contributed by atoms with Crippen LogP contribution < -0.4 is 11.1 Å². The monoisotopic (exact) mass is 610 g/mol. The Labute approximate surface area is 266 Å². The molecule has 3 aromatic rings. The third-order valence-electron chi connectivity index (χ3n) is 9.95. The first-order valence-electron chi connectivity index (χ1n) is 16.3. The van der Waals surface area contributed by atoms with E-state index in [2.05, 4.69) is 65.7 Å². The molecule has 238 valence electrons. The standard InChI is InChI=1S/C24H30N2O2.C13H16N2O2/c1-2-26-19-22(13-14-25-15-17-28-18-16-25)24(23(26)27,20-9-5-3-6-10-20)21-11-7-4-8-12-21;1-2-13(8-7-11(16)15-12(13)17)9-3-5-10(14)6-4-9/h3-12,22H,2,13-19H2,1H3;3-6H,2,7-8,14H2,1H3,(H,15,16,17). The lowest BCUT2D eigenvalue weighted by molar-refractivity contribution is -0.138. The van der Waals surface area contributed by atoms with Crippen molar-refractivity contribution in [3.8, 4) is 0 Å². The first kappa shape index (κ1) is 32.4. The number of nitrogen functional groups attached to an aromatic ring is 1. The van der Waals surface area contributed by atoms with Gasteiger partial charge < -0.3 is 15.4 Å². The maximum Gasteiger partial charge on any atom is 0.238 e. The van der Waals surface area contributed by atoms with Crippen molar-refractivity contribution >= 4 is 23.4 Å². The zero-order valence-electron chi connectivity index (χ0n) is 26.5. The van der Waals surface area contributed by atoms with E-state index in [1.54, 1.807) is 12.1 Å². The number of likely N-dealkylation sites (N-methyl/N-ethyl adjacent to an activating group) is 1. The van der Waals surface area contributed by atoms with E-state index in [4.69, 9.17) is 10.5 Å². The van der Waals surface area contributed by atoms with E-state index in [1.165, 1.54) is 0 Å². The number of nitrogens with two attached hydrogens (primary N) is 1. The molecule has 3 aliphatic rings. The van der Waals surface area contributed by atoms with Gasteiger partial charge in [0.25, 0.3) is 0 Å². The van der Waals surface area contributed by atoms with Crippen LogP contribution >= 0.6 is 0 Å². The summed E-state index contributed by atoms with van der Waals surface area (Å²) in [4.78, 5) is 41.6. The van der Waals surface area contributed by atoms with Crippen molar-refractivity contribution in [3.63, 3.8) is 0 Å². The Morgan fingerprint density at radius 3 is 1.98 bits per heavy atom. The molecular weight excluding hydrogens is 564 g/mol. The molecule has 3 N–H and O–H groups in total. The van der Waals surface area contributed by atoms with E-state index in [0.717, 1.165) is 69.0 Å². The van der Waals surface area contributed by atoms with Gasteiger partial charge in [0.2, 0.25) is 17.7 Å². The van der Waals surface area contributed by atoms with Crippen molar-refractivity contribution in [2.45, 2.75) is 50.4 Å². The van der Waals surface area contributed by atoms with E-state index in [-0.39, 0.29) is 23.6 Å². The summed E-state index contributed by atoms with van der Waals surface area (Å²) in [6, 6.07) is 28.1. The van der Waals surface area contributed by atoms with E-state index in [9.17, 15) is 14.4 Å². The Balaban J connectivity index is 0.000000201. The number of morpholine rings is 1. The summed E-state index contributed by atoms with van der Waals surface area (Å²) in [5.74, 6) is 0.127. The lowest BCUT2D eigenvalue weighted by Crippen LogP contribution is -2.51. The minimum atomic E-state index is -0.592. The predicted molar refractivity (Wildman–Crippen MR) is 176 cm³/mol. The summed E-state index contributed by atoms with van der Waals surface area (Å²) in [5, 5.41) is 2.43. The molecule has 0 spiro atoms. The Kier molecular flexibility index (Phi) is 10.4. The van der Waals surface area contributed by atoms with Gasteiger partial charge in [-0.25, -0.2) is 0 Å². The van der Waals surface area contributed by atoms with Crippen molar-refractivity contribution in [2.75, 3.05) is 51.7 Å². The van der Waals surface area contributed by atoms with Crippen LogP contribution in [0.5, 0.6) is 0 Å². The van der Waals surface area contributed by atoms with Crippen LogP contribution in [0, 0.1) is 5.92 Å². The molecule has 3 amide bonds. The lowest BCUT2D eigenvalue weighted by atomic mass is 9.66. The molecule has 3 heterocycles. The number of piperidine rings is 1. The van der Waals surface area contributed by atoms with Crippen molar-refractivity contribution in [2.24, 2.45) is 5.92 Å². The van der Waals surface area contributed by atoms with E-state index >= 15 is 0 Å². The quantitative estimate of drug-likeness (QED) is 0.287. The van der Waals surface area contributed by atoms with Gasteiger partial charge in [-0.2, -0.15) is 0 Å². The molecule has 0 saturated carbocycles. The molecule has 0 radical (unpaired) electrons. The zero-order valence-corrected chi connectivity index (χ0v) is 26.5. The van der Waals surface area contributed by atoms with Crippen LogP contribution in [0.3, 0.4) is 0 Å². The number of nitrogens with one attached hydrogen (secondary N) is 1. The average Bonchev–Trinajstić information content (AvgIpc) is 3.37. The largest absolute Gasteiger partial charge is 0.399 e. The second-order valence-corrected chi connectivity index (χ2v) is 12.3. The molecule has 0 aromatic heterocycles. The Bertz CT molecular complexity index is 1400. The van der Waals surface area contributed by atoms with Gasteiger partial charge in [-0.3, -0.25) is 24.6 Å². The van der Waals surface area contributed by atoms with Crippen LogP contribution in [0.15, 0.2) is 84.9 Å². The minimum absolute atomic E-state index is 0.186. The lowest BCUT2D eigenvalue weighted by Gasteiger charge is -2.36. The predicted octanol–water partition coefficient (Wildman–Crippen LogP) is 4.53. The highest BCUT2D eigenvalue weighted by Gasteiger charge is 2.55. The SMILES string of the molecule is CCC1(c2ccc(N)cc2)CCC(=O)NC1=O.CCN1CC(CCN2CCOCC2)C(c2ccccc2)(c2ccccc2)C1=O. The molecule has 45 heavy (non-hydrogen) atoms. The maximum absolute atomic E-state index is 13.8. The first-order valence-corrected chi connectivity index (χ1v) is 16.3. The van der Waals surface area contributed by atoms with Gasteiger partial charge in [0.05, 0.1) is 18.6 Å². The Morgan fingerprint density at radius 2 is 1.44 bits per heavy atom. The summed E-state index contributed by atoms with van der Waals surface area (Å²) < 4.78 is 5.50.